The van der Waals surface area contributed by atoms with E-state index in [-0.39, 0.29) is 5.41 Å². The van der Waals surface area contributed by atoms with Gasteiger partial charge >= 0.3 is 0 Å². The van der Waals surface area contributed by atoms with Gasteiger partial charge in [-0.05, 0) is 123 Å². The number of hydrogen-bond donors (Lipinski definition) is 0. The molecule has 0 spiro atoms. The van der Waals surface area contributed by atoms with Crippen molar-refractivity contribution in [2.24, 2.45) is 0 Å². The van der Waals surface area contributed by atoms with Crippen LogP contribution in [-0.2, 0) is 5.41 Å². The Labute approximate surface area is 312 Å². The number of nitrogens with zero attached hydrogens (tertiary/aromatic N) is 2. The van der Waals surface area contributed by atoms with Crippen LogP contribution >= 0.6 is 0 Å². The summed E-state index contributed by atoms with van der Waals surface area (Å²) in [5.41, 5.74) is 16.4. The lowest BCUT2D eigenvalue weighted by Crippen LogP contribution is -2.30. The van der Waals surface area contributed by atoms with Crippen molar-refractivity contribution in [2.45, 2.75) is 19.3 Å². The van der Waals surface area contributed by atoms with Crippen molar-refractivity contribution < 1.29 is 0 Å². The molecule has 0 fully saturated rings. The molecule has 0 amide bonds. The summed E-state index contributed by atoms with van der Waals surface area (Å²) in [4.78, 5) is 4.80. The molecule has 53 heavy (non-hydrogen) atoms. The van der Waals surface area contributed by atoms with Gasteiger partial charge in [0.2, 0.25) is 0 Å². The van der Waals surface area contributed by atoms with E-state index in [9.17, 15) is 0 Å². The lowest BCUT2D eigenvalue weighted by atomic mass is 9.72. The summed E-state index contributed by atoms with van der Waals surface area (Å²) >= 11 is 0. The summed E-state index contributed by atoms with van der Waals surface area (Å²) < 4.78 is 0. The van der Waals surface area contributed by atoms with Crippen LogP contribution in [0, 0.1) is 0 Å². The monoisotopic (exact) mass is 680 g/mol. The SMILES string of the molecule is CC1(C)c2cc(-c3ccccc3)ccc2N(c2ccccc2)c2ccc(-c3cc(-c4ccccc4)cc(N(c4ccccc4)c4ccccc4)c3)cc21. The Hall–Kier alpha value is -6.64. The minimum Gasteiger partial charge on any atom is -0.310 e. The minimum atomic E-state index is -0.267. The maximum atomic E-state index is 2.44. The summed E-state index contributed by atoms with van der Waals surface area (Å²) in [6.45, 7) is 4.76. The fourth-order valence-electron chi connectivity index (χ4n) is 7.89. The molecule has 0 radical (unpaired) electrons. The first kappa shape index (κ1) is 32.3. The molecule has 0 atom stereocenters. The molecule has 0 aliphatic carbocycles. The second kappa shape index (κ2) is 13.5. The first-order valence-electron chi connectivity index (χ1n) is 18.4. The molecule has 8 aromatic rings. The van der Waals surface area contributed by atoms with Gasteiger partial charge in [0.15, 0.2) is 0 Å². The van der Waals surface area contributed by atoms with Gasteiger partial charge in [0.25, 0.3) is 0 Å². The van der Waals surface area contributed by atoms with E-state index >= 15 is 0 Å². The number of fused-ring (bicyclic) bond motifs is 2. The van der Waals surface area contributed by atoms with Gasteiger partial charge < -0.3 is 9.80 Å². The van der Waals surface area contributed by atoms with Crippen LogP contribution in [0.25, 0.3) is 33.4 Å². The normalized spacial score (nSPS) is 12.8. The zero-order valence-corrected chi connectivity index (χ0v) is 30.0. The molecule has 1 heterocycles. The highest BCUT2D eigenvalue weighted by molar-refractivity contribution is 5.90. The third kappa shape index (κ3) is 5.99. The molecule has 0 N–H and O–H groups in total. The molecule has 1 aliphatic heterocycles. The zero-order valence-electron chi connectivity index (χ0n) is 30.0. The molecule has 0 unspecified atom stereocenters. The van der Waals surface area contributed by atoms with Crippen LogP contribution < -0.4 is 9.80 Å². The molecule has 9 rings (SSSR count). The molecular formula is C51H40N2. The average Bonchev–Trinajstić information content (AvgIpc) is 3.23. The highest BCUT2D eigenvalue weighted by Gasteiger charge is 2.37. The molecule has 0 bridgehead atoms. The van der Waals surface area contributed by atoms with Crippen LogP contribution in [-0.4, -0.2) is 0 Å². The van der Waals surface area contributed by atoms with Crippen LogP contribution in [0.15, 0.2) is 206 Å². The predicted octanol–water partition coefficient (Wildman–Crippen LogP) is 14.3. The van der Waals surface area contributed by atoms with Crippen LogP contribution in [0.1, 0.15) is 25.0 Å². The Morgan fingerprint density at radius 2 is 0.736 bits per heavy atom. The number of benzene rings is 8. The summed E-state index contributed by atoms with van der Waals surface area (Å²) in [5, 5.41) is 0. The Morgan fingerprint density at radius 3 is 1.23 bits per heavy atom. The Balaban J connectivity index is 1.25. The lowest BCUT2D eigenvalue weighted by Gasteiger charge is -2.42. The quantitative estimate of drug-likeness (QED) is 0.165. The highest BCUT2D eigenvalue weighted by atomic mass is 15.2. The van der Waals surface area contributed by atoms with Crippen molar-refractivity contribution in [3.63, 3.8) is 0 Å². The van der Waals surface area contributed by atoms with E-state index in [0.717, 1.165) is 22.7 Å². The highest BCUT2D eigenvalue weighted by Crippen LogP contribution is 2.53. The predicted molar refractivity (Wildman–Crippen MR) is 224 cm³/mol. The molecule has 8 aromatic carbocycles. The van der Waals surface area contributed by atoms with Crippen molar-refractivity contribution in [1.82, 2.24) is 0 Å². The van der Waals surface area contributed by atoms with Gasteiger partial charge in [-0.2, -0.15) is 0 Å². The first-order valence-corrected chi connectivity index (χ1v) is 18.4. The van der Waals surface area contributed by atoms with E-state index in [1.807, 2.05) is 0 Å². The van der Waals surface area contributed by atoms with Gasteiger partial charge in [0.05, 0.1) is 11.4 Å². The fourth-order valence-corrected chi connectivity index (χ4v) is 7.89. The van der Waals surface area contributed by atoms with Crippen LogP contribution in [0.4, 0.5) is 34.1 Å². The molecule has 2 nitrogen and oxygen atoms in total. The number of rotatable bonds is 7. The van der Waals surface area contributed by atoms with Gasteiger partial charge in [-0.1, -0.05) is 141 Å². The van der Waals surface area contributed by atoms with E-state index in [1.165, 1.54) is 55.9 Å². The Morgan fingerprint density at radius 1 is 0.340 bits per heavy atom. The lowest BCUT2D eigenvalue weighted by molar-refractivity contribution is 0.632. The number of para-hydroxylation sites is 3. The second-order valence-electron chi connectivity index (χ2n) is 14.3. The Kier molecular flexibility index (Phi) is 8.21. The van der Waals surface area contributed by atoms with Crippen molar-refractivity contribution in [1.29, 1.82) is 0 Å². The molecular weight excluding hydrogens is 641 g/mol. The zero-order chi connectivity index (χ0) is 35.8. The summed E-state index contributed by atoms with van der Waals surface area (Å²) in [5.74, 6) is 0. The van der Waals surface area contributed by atoms with E-state index in [0.29, 0.717) is 0 Å². The van der Waals surface area contributed by atoms with Crippen molar-refractivity contribution >= 4 is 34.1 Å². The maximum absolute atomic E-state index is 2.44. The second-order valence-corrected chi connectivity index (χ2v) is 14.3. The van der Waals surface area contributed by atoms with Crippen LogP contribution in [0.5, 0.6) is 0 Å². The number of hydrogen-bond acceptors (Lipinski definition) is 2. The van der Waals surface area contributed by atoms with E-state index in [4.69, 9.17) is 0 Å². The average molecular weight is 681 g/mol. The molecule has 0 saturated heterocycles. The van der Waals surface area contributed by atoms with Crippen molar-refractivity contribution in [2.75, 3.05) is 9.80 Å². The van der Waals surface area contributed by atoms with Gasteiger partial charge in [-0.15, -0.1) is 0 Å². The Bertz CT molecular complexity index is 2470. The molecule has 254 valence electrons. The van der Waals surface area contributed by atoms with Gasteiger partial charge in [-0.25, -0.2) is 0 Å². The van der Waals surface area contributed by atoms with Crippen LogP contribution in [0.3, 0.4) is 0 Å². The van der Waals surface area contributed by atoms with Crippen molar-refractivity contribution in [3.05, 3.63) is 217 Å². The molecule has 0 saturated carbocycles. The van der Waals surface area contributed by atoms with E-state index in [1.54, 1.807) is 0 Å². The van der Waals surface area contributed by atoms with Crippen molar-refractivity contribution in [3.8, 4) is 33.4 Å². The molecule has 2 heteroatoms. The number of anilines is 6. The van der Waals surface area contributed by atoms with Crippen LogP contribution in [0.2, 0.25) is 0 Å². The van der Waals surface area contributed by atoms with Gasteiger partial charge in [0, 0.05) is 28.2 Å². The first-order chi connectivity index (χ1) is 26.0. The third-order valence-corrected chi connectivity index (χ3v) is 10.6. The topological polar surface area (TPSA) is 6.48 Å². The largest absolute Gasteiger partial charge is 0.310 e. The van der Waals surface area contributed by atoms with Gasteiger partial charge in [-0.3, -0.25) is 0 Å². The van der Waals surface area contributed by atoms with Gasteiger partial charge in [0.1, 0.15) is 0 Å². The summed E-state index contributed by atoms with van der Waals surface area (Å²) in [7, 11) is 0. The molecule has 0 aromatic heterocycles. The smallest absolute Gasteiger partial charge is 0.0503 e. The minimum absolute atomic E-state index is 0.267. The maximum Gasteiger partial charge on any atom is 0.0503 e. The standard InChI is InChI=1S/C51H40N2/c1-51(2)47-35-39(37-18-8-3-9-19-37)28-30-49(47)53(45-26-16-7-17-27-45)50-31-29-40(36-48(50)51)42-32-41(38-20-10-4-11-21-38)33-46(34-42)52(43-22-12-5-13-23-43)44-24-14-6-15-25-44/h3-36H,1-2H3. The van der Waals surface area contributed by atoms with E-state index in [2.05, 4.69) is 230 Å². The molecule has 1 aliphatic rings. The summed E-state index contributed by atoms with van der Waals surface area (Å²) in [6.07, 6.45) is 0. The fraction of sp³-hybridized carbons (Fsp3) is 0.0588. The third-order valence-electron chi connectivity index (χ3n) is 10.6. The van der Waals surface area contributed by atoms with E-state index < -0.39 is 0 Å². The summed E-state index contributed by atoms with van der Waals surface area (Å²) in [6, 6.07) is 74.6.